The van der Waals surface area contributed by atoms with Gasteiger partial charge < -0.3 is 9.47 Å². The lowest BCUT2D eigenvalue weighted by Gasteiger charge is -2.13. The number of hydrogen-bond acceptors (Lipinski definition) is 3. The lowest BCUT2D eigenvalue weighted by atomic mass is 10.0. The number of hydrogen-bond donors (Lipinski definition) is 0. The van der Waals surface area contributed by atoms with Crippen molar-refractivity contribution in [2.75, 3.05) is 14.2 Å². The first-order valence-corrected chi connectivity index (χ1v) is 7.44. The molecule has 21 heavy (non-hydrogen) atoms. The van der Waals surface area contributed by atoms with Gasteiger partial charge >= 0.3 is 0 Å². The van der Waals surface area contributed by atoms with Gasteiger partial charge in [-0.25, -0.2) is 0 Å². The maximum absolute atomic E-state index is 12.8. The van der Waals surface area contributed by atoms with Crippen LogP contribution in [0.1, 0.15) is 15.9 Å². The number of halogens is 3. The number of benzene rings is 2. The average molecular weight is 390 g/mol. The van der Waals surface area contributed by atoms with Gasteiger partial charge in [0.05, 0.1) is 35.4 Å². The van der Waals surface area contributed by atoms with Gasteiger partial charge in [-0.2, -0.15) is 0 Å². The summed E-state index contributed by atoms with van der Waals surface area (Å²) in [5.41, 5.74) is 0.582. The Bertz CT molecular complexity index is 681. The SMILES string of the molecule is COc1cc(Br)c(C(=O)c2c(Cl)cccc2Cl)c(OC)c1. The van der Waals surface area contributed by atoms with Crippen LogP contribution in [0.15, 0.2) is 34.8 Å². The van der Waals surface area contributed by atoms with Crippen LogP contribution < -0.4 is 9.47 Å². The molecule has 6 heteroatoms. The molecule has 0 unspecified atom stereocenters. The molecule has 0 bridgehead atoms. The predicted molar refractivity (Wildman–Crippen MR) is 87.1 cm³/mol. The van der Waals surface area contributed by atoms with E-state index in [0.717, 1.165) is 0 Å². The summed E-state index contributed by atoms with van der Waals surface area (Å²) >= 11 is 15.5. The fourth-order valence-electron chi connectivity index (χ4n) is 1.90. The highest BCUT2D eigenvalue weighted by Crippen LogP contribution is 2.36. The van der Waals surface area contributed by atoms with Crippen LogP contribution in [0.25, 0.3) is 0 Å². The van der Waals surface area contributed by atoms with Gasteiger partial charge in [0.1, 0.15) is 11.5 Å². The molecule has 0 fully saturated rings. The molecule has 0 aliphatic heterocycles. The average Bonchev–Trinajstić information content (AvgIpc) is 2.45. The summed E-state index contributed by atoms with van der Waals surface area (Å²) in [4.78, 5) is 12.8. The highest BCUT2D eigenvalue weighted by Gasteiger charge is 2.23. The van der Waals surface area contributed by atoms with E-state index in [1.165, 1.54) is 14.2 Å². The van der Waals surface area contributed by atoms with Gasteiger partial charge in [0.25, 0.3) is 0 Å². The van der Waals surface area contributed by atoms with Crippen molar-refractivity contribution in [2.24, 2.45) is 0 Å². The molecule has 0 aliphatic carbocycles. The van der Waals surface area contributed by atoms with E-state index in [1.54, 1.807) is 30.3 Å². The first-order valence-electron chi connectivity index (χ1n) is 5.89. The molecular weight excluding hydrogens is 379 g/mol. The van der Waals surface area contributed by atoms with Crippen LogP contribution in [0, 0.1) is 0 Å². The second-order valence-electron chi connectivity index (χ2n) is 4.11. The molecule has 0 atom stereocenters. The Morgan fingerprint density at radius 1 is 1.05 bits per heavy atom. The molecule has 0 N–H and O–H groups in total. The third-order valence-electron chi connectivity index (χ3n) is 2.90. The number of ketones is 1. The molecule has 0 saturated heterocycles. The molecule has 0 saturated carbocycles. The molecule has 0 aromatic heterocycles. The van der Waals surface area contributed by atoms with Gasteiger partial charge in [-0.15, -0.1) is 0 Å². The lowest BCUT2D eigenvalue weighted by molar-refractivity contribution is 0.103. The van der Waals surface area contributed by atoms with Crippen LogP contribution in [0.2, 0.25) is 10.0 Å². The van der Waals surface area contributed by atoms with E-state index >= 15 is 0 Å². The van der Waals surface area contributed by atoms with Crippen LogP contribution in [0.4, 0.5) is 0 Å². The molecule has 0 radical (unpaired) electrons. The van der Waals surface area contributed by atoms with Gasteiger partial charge in [0.2, 0.25) is 5.78 Å². The molecule has 110 valence electrons. The van der Waals surface area contributed by atoms with Gasteiger partial charge in [0, 0.05) is 10.5 Å². The summed E-state index contributed by atoms with van der Waals surface area (Å²) < 4.78 is 11.0. The van der Waals surface area contributed by atoms with Gasteiger partial charge in [-0.1, -0.05) is 29.3 Å². The summed E-state index contributed by atoms with van der Waals surface area (Å²) in [6.07, 6.45) is 0. The molecule has 0 spiro atoms. The molecular formula is C15H11BrCl2O3. The largest absolute Gasteiger partial charge is 0.497 e. The third kappa shape index (κ3) is 3.18. The summed E-state index contributed by atoms with van der Waals surface area (Å²) in [6.45, 7) is 0. The van der Waals surface area contributed by atoms with Crippen molar-refractivity contribution in [3.8, 4) is 11.5 Å². The Morgan fingerprint density at radius 3 is 2.19 bits per heavy atom. The van der Waals surface area contributed by atoms with Gasteiger partial charge in [-0.05, 0) is 34.1 Å². The van der Waals surface area contributed by atoms with Gasteiger partial charge in [-0.3, -0.25) is 4.79 Å². The lowest BCUT2D eigenvalue weighted by Crippen LogP contribution is -2.07. The van der Waals surface area contributed by atoms with Crippen molar-refractivity contribution >= 4 is 44.9 Å². The number of carbonyl (C=O) groups excluding carboxylic acids is 1. The van der Waals surface area contributed by atoms with Gasteiger partial charge in [0.15, 0.2) is 0 Å². The van der Waals surface area contributed by atoms with Crippen molar-refractivity contribution in [3.63, 3.8) is 0 Å². The van der Waals surface area contributed by atoms with Crippen LogP contribution in [-0.2, 0) is 0 Å². The molecule has 2 aromatic rings. The molecule has 0 aliphatic rings. The summed E-state index contributed by atoms with van der Waals surface area (Å²) in [5.74, 6) is 0.625. The van der Waals surface area contributed by atoms with Crippen molar-refractivity contribution in [1.29, 1.82) is 0 Å². The summed E-state index contributed by atoms with van der Waals surface area (Å²) in [6, 6.07) is 8.22. The molecule has 3 nitrogen and oxygen atoms in total. The molecule has 2 aromatic carbocycles. The van der Waals surface area contributed by atoms with Crippen molar-refractivity contribution < 1.29 is 14.3 Å². The van der Waals surface area contributed by atoms with Crippen LogP contribution in [0.3, 0.4) is 0 Å². The summed E-state index contributed by atoms with van der Waals surface area (Å²) in [7, 11) is 3.01. The van der Waals surface area contributed by atoms with Crippen LogP contribution >= 0.6 is 39.1 Å². The maximum atomic E-state index is 12.8. The first-order chi connectivity index (χ1) is 9.99. The van der Waals surface area contributed by atoms with E-state index in [4.69, 9.17) is 32.7 Å². The Hall–Kier alpha value is -1.23. The minimum Gasteiger partial charge on any atom is -0.497 e. The Labute approximate surface area is 140 Å². The fourth-order valence-corrected chi connectivity index (χ4v) is 3.07. The smallest absolute Gasteiger partial charge is 0.200 e. The molecule has 0 amide bonds. The standard InChI is InChI=1S/C15H11BrCl2O3/c1-20-8-6-9(16)13(12(7-8)21-2)15(19)14-10(17)4-3-5-11(14)18/h3-7H,1-2H3. The second-order valence-corrected chi connectivity index (χ2v) is 5.78. The van der Waals surface area contributed by atoms with Crippen molar-refractivity contribution in [3.05, 3.63) is 56.0 Å². The molecule has 2 rings (SSSR count). The quantitative estimate of drug-likeness (QED) is 0.690. The number of ether oxygens (including phenoxy) is 2. The zero-order chi connectivity index (χ0) is 15.6. The zero-order valence-electron chi connectivity index (χ0n) is 11.2. The Morgan fingerprint density at radius 2 is 1.67 bits per heavy atom. The Balaban J connectivity index is 2.64. The third-order valence-corrected chi connectivity index (χ3v) is 4.16. The first kappa shape index (κ1) is 16.1. The number of carbonyl (C=O) groups is 1. The van der Waals surface area contributed by atoms with E-state index in [2.05, 4.69) is 15.9 Å². The highest BCUT2D eigenvalue weighted by atomic mass is 79.9. The minimum atomic E-state index is -0.322. The zero-order valence-corrected chi connectivity index (χ0v) is 14.3. The van der Waals surface area contributed by atoms with Crippen molar-refractivity contribution in [2.45, 2.75) is 0 Å². The van der Waals surface area contributed by atoms with E-state index < -0.39 is 0 Å². The number of methoxy groups -OCH3 is 2. The second kappa shape index (κ2) is 6.69. The topological polar surface area (TPSA) is 35.5 Å². The van der Waals surface area contributed by atoms with Crippen molar-refractivity contribution in [1.82, 2.24) is 0 Å². The predicted octanol–water partition coefficient (Wildman–Crippen LogP) is 5.00. The Kier molecular flexibility index (Phi) is 5.14. The van der Waals surface area contributed by atoms with E-state index in [1.807, 2.05) is 0 Å². The monoisotopic (exact) mass is 388 g/mol. The van der Waals surface area contributed by atoms with E-state index in [-0.39, 0.29) is 21.4 Å². The normalized spacial score (nSPS) is 10.3. The van der Waals surface area contributed by atoms with Crippen LogP contribution in [-0.4, -0.2) is 20.0 Å². The maximum Gasteiger partial charge on any atom is 0.200 e. The van der Waals surface area contributed by atoms with E-state index in [0.29, 0.717) is 21.5 Å². The molecule has 0 heterocycles. The van der Waals surface area contributed by atoms with E-state index in [9.17, 15) is 4.79 Å². The summed E-state index contributed by atoms with van der Waals surface area (Å²) in [5, 5.41) is 0.578. The minimum absolute atomic E-state index is 0.241. The fraction of sp³-hybridized carbons (Fsp3) is 0.133. The highest BCUT2D eigenvalue weighted by molar-refractivity contribution is 9.10. The van der Waals surface area contributed by atoms with Crippen LogP contribution in [0.5, 0.6) is 11.5 Å². The number of rotatable bonds is 4.